The number of ether oxygens (including phenoxy) is 3. The number of aromatic amines is 1. The first kappa shape index (κ1) is 25.5. The van der Waals surface area contributed by atoms with Gasteiger partial charge in [0.1, 0.15) is 0 Å². The standard InChI is InChI=1S/C28H34N4O4S/c1-19-12-22-15-23(27(33)30-24(22)13-20(19)2)17-32(16-21-4-5-25-26(14-21)36-18-35-25)28(37)29-6-3-7-31-8-10-34-11-9-31/h4-5,12-15H,3,6-11,16-18H2,1-2H3,(H,29,37)(H,30,33). The van der Waals surface area contributed by atoms with E-state index in [2.05, 4.69) is 35.1 Å². The quantitative estimate of drug-likeness (QED) is 0.344. The van der Waals surface area contributed by atoms with Gasteiger partial charge in [-0.25, -0.2) is 0 Å². The molecule has 0 spiro atoms. The molecule has 37 heavy (non-hydrogen) atoms. The van der Waals surface area contributed by atoms with Crippen LogP contribution in [-0.4, -0.2) is 66.1 Å². The smallest absolute Gasteiger partial charge is 0.253 e. The molecule has 9 heteroatoms. The fourth-order valence-electron chi connectivity index (χ4n) is 4.74. The van der Waals surface area contributed by atoms with E-state index in [1.165, 1.54) is 5.56 Å². The highest BCUT2D eigenvalue weighted by Crippen LogP contribution is 2.33. The van der Waals surface area contributed by atoms with E-state index in [1.54, 1.807) is 0 Å². The van der Waals surface area contributed by atoms with Crippen molar-refractivity contribution in [2.24, 2.45) is 0 Å². The second-order valence-electron chi connectivity index (χ2n) is 9.73. The molecule has 2 aliphatic rings. The van der Waals surface area contributed by atoms with Gasteiger partial charge < -0.3 is 29.4 Å². The number of fused-ring (bicyclic) bond motifs is 2. The molecule has 8 nitrogen and oxygen atoms in total. The topological polar surface area (TPSA) is 79.1 Å². The van der Waals surface area contributed by atoms with Gasteiger partial charge in [-0.2, -0.15) is 0 Å². The summed E-state index contributed by atoms with van der Waals surface area (Å²) in [5.41, 5.74) is 4.81. The van der Waals surface area contributed by atoms with Gasteiger partial charge in [0, 0.05) is 37.3 Å². The number of rotatable bonds is 8. The molecule has 3 aromatic rings. The molecule has 0 bridgehead atoms. The summed E-state index contributed by atoms with van der Waals surface area (Å²) >= 11 is 5.83. The maximum Gasteiger partial charge on any atom is 0.253 e. The zero-order valence-corrected chi connectivity index (χ0v) is 22.3. The lowest BCUT2D eigenvalue weighted by Crippen LogP contribution is -2.42. The van der Waals surface area contributed by atoms with Crippen LogP contribution in [0, 0.1) is 13.8 Å². The maximum absolute atomic E-state index is 13.0. The highest BCUT2D eigenvalue weighted by Gasteiger charge is 2.18. The fourth-order valence-corrected chi connectivity index (χ4v) is 4.97. The van der Waals surface area contributed by atoms with Crippen molar-refractivity contribution in [3.05, 3.63) is 69.0 Å². The molecule has 0 unspecified atom stereocenters. The van der Waals surface area contributed by atoms with Crippen molar-refractivity contribution in [3.8, 4) is 11.5 Å². The van der Waals surface area contributed by atoms with E-state index >= 15 is 0 Å². The summed E-state index contributed by atoms with van der Waals surface area (Å²) in [7, 11) is 0. The second kappa shape index (κ2) is 11.5. The van der Waals surface area contributed by atoms with Crippen LogP contribution in [0.3, 0.4) is 0 Å². The largest absolute Gasteiger partial charge is 0.454 e. The number of benzene rings is 2. The summed E-state index contributed by atoms with van der Waals surface area (Å²) in [6.07, 6.45) is 0.979. The van der Waals surface area contributed by atoms with Crippen molar-refractivity contribution in [2.75, 3.05) is 46.2 Å². The minimum atomic E-state index is -0.0958. The van der Waals surface area contributed by atoms with Gasteiger partial charge in [0.2, 0.25) is 6.79 Å². The molecule has 0 aliphatic carbocycles. The Morgan fingerprint density at radius 1 is 1.05 bits per heavy atom. The Kier molecular flexibility index (Phi) is 7.93. The van der Waals surface area contributed by atoms with Crippen molar-refractivity contribution in [2.45, 2.75) is 33.4 Å². The fraction of sp³-hybridized carbons (Fsp3) is 0.429. The number of nitrogens with zero attached hydrogens (tertiary/aromatic N) is 2. The Balaban J connectivity index is 1.32. The van der Waals surface area contributed by atoms with Gasteiger partial charge in [-0.3, -0.25) is 9.69 Å². The molecular weight excluding hydrogens is 488 g/mol. The highest BCUT2D eigenvalue weighted by atomic mass is 32.1. The van der Waals surface area contributed by atoms with E-state index in [0.29, 0.717) is 23.8 Å². The lowest BCUT2D eigenvalue weighted by molar-refractivity contribution is 0.0376. The minimum Gasteiger partial charge on any atom is -0.454 e. The van der Waals surface area contributed by atoms with Crippen LogP contribution in [0.2, 0.25) is 0 Å². The molecule has 2 N–H and O–H groups in total. The molecule has 5 rings (SSSR count). The van der Waals surface area contributed by atoms with Crippen LogP contribution in [0.5, 0.6) is 11.5 Å². The summed E-state index contributed by atoms with van der Waals surface area (Å²) in [6, 6.07) is 12.0. The molecule has 0 radical (unpaired) electrons. The number of H-pyrrole nitrogens is 1. The van der Waals surface area contributed by atoms with Crippen LogP contribution in [-0.2, 0) is 17.8 Å². The maximum atomic E-state index is 13.0. The number of morpholine rings is 1. The molecule has 0 amide bonds. The van der Waals surface area contributed by atoms with Gasteiger partial charge in [-0.1, -0.05) is 6.07 Å². The number of pyridine rings is 1. The van der Waals surface area contributed by atoms with Crippen molar-refractivity contribution in [1.29, 1.82) is 0 Å². The Hall–Kier alpha value is -3.14. The molecule has 3 heterocycles. The zero-order chi connectivity index (χ0) is 25.8. The third-order valence-electron chi connectivity index (χ3n) is 7.03. The minimum absolute atomic E-state index is 0.0958. The summed E-state index contributed by atoms with van der Waals surface area (Å²) in [5, 5.41) is 5.06. The first-order valence-corrected chi connectivity index (χ1v) is 13.2. The SMILES string of the molecule is Cc1cc2cc(CN(Cc3ccc4c(c3)OCO4)C(=S)NCCCN3CCOCC3)c(=O)[nH]c2cc1C. The molecule has 196 valence electrons. The van der Waals surface area contributed by atoms with Gasteiger partial charge in [-0.05, 0) is 91.4 Å². The highest BCUT2D eigenvalue weighted by molar-refractivity contribution is 7.80. The van der Waals surface area contributed by atoms with E-state index < -0.39 is 0 Å². The number of hydrogen-bond acceptors (Lipinski definition) is 6. The Bertz CT molecular complexity index is 1340. The lowest BCUT2D eigenvalue weighted by Gasteiger charge is -2.28. The number of aryl methyl sites for hydroxylation is 2. The zero-order valence-electron chi connectivity index (χ0n) is 21.5. The molecular formula is C28H34N4O4S. The number of aromatic nitrogens is 1. The molecule has 1 aromatic heterocycles. The summed E-state index contributed by atoms with van der Waals surface area (Å²) in [6.45, 7) is 10.6. The first-order valence-electron chi connectivity index (χ1n) is 12.8. The monoisotopic (exact) mass is 522 g/mol. The van der Waals surface area contributed by atoms with E-state index in [1.807, 2.05) is 35.2 Å². The lowest BCUT2D eigenvalue weighted by atomic mass is 10.0. The van der Waals surface area contributed by atoms with E-state index in [4.69, 9.17) is 26.4 Å². The van der Waals surface area contributed by atoms with E-state index in [-0.39, 0.29) is 12.4 Å². The number of thiocarbonyl (C=S) groups is 1. The van der Waals surface area contributed by atoms with Crippen LogP contribution in [0.25, 0.3) is 10.9 Å². The van der Waals surface area contributed by atoms with Crippen LogP contribution >= 0.6 is 12.2 Å². The molecule has 1 fully saturated rings. The van der Waals surface area contributed by atoms with Crippen LogP contribution < -0.4 is 20.3 Å². The van der Waals surface area contributed by atoms with Gasteiger partial charge in [0.15, 0.2) is 16.6 Å². The Labute approximate surface area is 222 Å². The predicted molar refractivity (Wildman–Crippen MR) is 148 cm³/mol. The Morgan fingerprint density at radius 3 is 2.68 bits per heavy atom. The van der Waals surface area contributed by atoms with Crippen molar-refractivity contribution in [1.82, 2.24) is 20.1 Å². The third kappa shape index (κ3) is 6.23. The van der Waals surface area contributed by atoms with Crippen LogP contribution in [0.4, 0.5) is 0 Å². The summed E-state index contributed by atoms with van der Waals surface area (Å²) in [5.74, 6) is 1.48. The molecule has 0 saturated carbocycles. The van der Waals surface area contributed by atoms with Gasteiger partial charge in [0.05, 0.1) is 19.8 Å². The predicted octanol–water partition coefficient (Wildman–Crippen LogP) is 3.47. The Morgan fingerprint density at radius 2 is 1.84 bits per heavy atom. The second-order valence-corrected chi connectivity index (χ2v) is 10.1. The molecule has 1 saturated heterocycles. The molecule has 2 aliphatic heterocycles. The third-order valence-corrected chi connectivity index (χ3v) is 7.43. The van der Waals surface area contributed by atoms with Crippen LogP contribution in [0.15, 0.2) is 41.2 Å². The van der Waals surface area contributed by atoms with Crippen molar-refractivity contribution in [3.63, 3.8) is 0 Å². The van der Waals surface area contributed by atoms with Crippen molar-refractivity contribution >= 4 is 28.2 Å². The number of nitrogens with one attached hydrogen (secondary N) is 2. The summed E-state index contributed by atoms with van der Waals surface area (Å²) in [4.78, 5) is 20.5. The van der Waals surface area contributed by atoms with Gasteiger partial charge in [0.25, 0.3) is 5.56 Å². The first-order chi connectivity index (χ1) is 18.0. The number of hydrogen-bond donors (Lipinski definition) is 2. The normalized spacial score (nSPS) is 15.2. The van der Waals surface area contributed by atoms with Crippen LogP contribution in [0.1, 0.15) is 28.7 Å². The molecule has 0 atom stereocenters. The summed E-state index contributed by atoms with van der Waals surface area (Å²) < 4.78 is 16.5. The van der Waals surface area contributed by atoms with E-state index in [0.717, 1.165) is 79.3 Å². The average molecular weight is 523 g/mol. The average Bonchev–Trinajstić information content (AvgIpc) is 3.36. The van der Waals surface area contributed by atoms with Gasteiger partial charge in [-0.15, -0.1) is 0 Å². The van der Waals surface area contributed by atoms with Gasteiger partial charge >= 0.3 is 0 Å². The van der Waals surface area contributed by atoms with Crippen molar-refractivity contribution < 1.29 is 14.2 Å². The van der Waals surface area contributed by atoms with E-state index in [9.17, 15) is 4.79 Å². The molecule has 2 aromatic carbocycles.